The Labute approximate surface area is 133 Å². The molecular weight excluding hydrogens is 301 g/mol. The molecule has 2 aromatic rings. The second-order valence-corrected chi connectivity index (χ2v) is 5.26. The van der Waals surface area contributed by atoms with E-state index >= 15 is 0 Å². The van der Waals surface area contributed by atoms with E-state index in [1.54, 1.807) is 32.9 Å². The summed E-state index contributed by atoms with van der Waals surface area (Å²) in [5, 5.41) is 2.73. The summed E-state index contributed by atoms with van der Waals surface area (Å²) in [7, 11) is 0. The molecule has 1 N–H and O–H groups in total. The fourth-order valence-corrected chi connectivity index (χ4v) is 2.11. The summed E-state index contributed by atoms with van der Waals surface area (Å²) < 4.78 is 23.5. The molecule has 0 radical (unpaired) electrons. The number of ether oxygens (including phenoxy) is 1. The second-order valence-electron chi connectivity index (χ2n) is 5.26. The van der Waals surface area contributed by atoms with Crippen LogP contribution in [0.2, 0.25) is 0 Å². The van der Waals surface area contributed by atoms with Gasteiger partial charge in [0.15, 0.2) is 6.61 Å². The highest BCUT2D eigenvalue weighted by Crippen LogP contribution is 2.16. The van der Waals surface area contributed by atoms with Gasteiger partial charge in [0.25, 0.3) is 5.91 Å². The van der Waals surface area contributed by atoms with Gasteiger partial charge in [-0.05, 0) is 38.0 Å². The van der Waals surface area contributed by atoms with Gasteiger partial charge >= 0.3 is 0 Å². The lowest BCUT2D eigenvalue weighted by Gasteiger charge is -2.15. The quantitative estimate of drug-likeness (QED) is 0.920. The first kappa shape index (κ1) is 16.7. The Morgan fingerprint density at radius 2 is 2.09 bits per heavy atom. The number of nitrogens with one attached hydrogen (secondary N) is 1. The lowest BCUT2D eigenvalue weighted by molar-refractivity contribution is -0.123. The Balaban J connectivity index is 1.96. The highest BCUT2D eigenvalue weighted by atomic mass is 19.1. The van der Waals surface area contributed by atoms with Crippen LogP contribution in [0.4, 0.5) is 4.39 Å². The summed E-state index contributed by atoms with van der Waals surface area (Å²) in [4.78, 5) is 23.5. The number of benzene rings is 1. The molecule has 0 unspecified atom stereocenters. The van der Waals surface area contributed by atoms with Gasteiger partial charge in [0.1, 0.15) is 11.6 Å². The average molecular weight is 319 g/mol. The number of halogens is 1. The predicted molar refractivity (Wildman–Crippen MR) is 82.9 cm³/mol. The second kappa shape index (κ2) is 7.09. The summed E-state index contributed by atoms with van der Waals surface area (Å²) in [6.45, 7) is 4.72. The number of hydrogen-bond donors (Lipinski definition) is 1. The van der Waals surface area contributed by atoms with Gasteiger partial charge in [-0.3, -0.25) is 9.59 Å². The molecule has 0 bridgehead atoms. The lowest BCUT2D eigenvalue weighted by Crippen LogP contribution is -2.32. The SMILES string of the molecule is Cc1cc([C@@H](C)NC(=O)COc2c(C)occc2=O)ccc1F. The fourth-order valence-electron chi connectivity index (χ4n) is 2.11. The Kier molecular flexibility index (Phi) is 5.16. The first-order valence-electron chi connectivity index (χ1n) is 7.15. The van der Waals surface area contributed by atoms with Crippen molar-refractivity contribution in [1.82, 2.24) is 5.32 Å². The van der Waals surface area contributed by atoms with E-state index in [2.05, 4.69) is 5.32 Å². The van der Waals surface area contributed by atoms with Crippen LogP contribution in [-0.2, 0) is 4.79 Å². The van der Waals surface area contributed by atoms with E-state index in [4.69, 9.17) is 9.15 Å². The van der Waals surface area contributed by atoms with E-state index in [0.717, 1.165) is 5.56 Å². The van der Waals surface area contributed by atoms with E-state index in [1.807, 2.05) is 0 Å². The normalized spacial score (nSPS) is 11.8. The molecule has 1 heterocycles. The molecule has 5 nitrogen and oxygen atoms in total. The summed E-state index contributed by atoms with van der Waals surface area (Å²) in [6, 6.07) is 5.58. The highest BCUT2D eigenvalue weighted by molar-refractivity contribution is 5.78. The molecule has 0 aliphatic rings. The average Bonchev–Trinajstić information content (AvgIpc) is 2.49. The number of carbonyl (C=O) groups excluding carboxylic acids is 1. The summed E-state index contributed by atoms with van der Waals surface area (Å²) >= 11 is 0. The van der Waals surface area contributed by atoms with Crippen molar-refractivity contribution < 1.29 is 18.3 Å². The topological polar surface area (TPSA) is 68.5 Å². The fraction of sp³-hybridized carbons (Fsp3) is 0.294. The van der Waals surface area contributed by atoms with Crippen molar-refractivity contribution in [2.45, 2.75) is 26.8 Å². The molecule has 1 aromatic heterocycles. The number of rotatable bonds is 5. The minimum Gasteiger partial charge on any atom is -0.476 e. The van der Waals surface area contributed by atoms with Crippen LogP contribution in [0.25, 0.3) is 0 Å². The number of amides is 1. The zero-order valence-electron chi connectivity index (χ0n) is 13.2. The van der Waals surface area contributed by atoms with E-state index in [9.17, 15) is 14.0 Å². The molecule has 0 saturated carbocycles. The monoisotopic (exact) mass is 319 g/mol. The molecule has 0 fully saturated rings. The maximum absolute atomic E-state index is 13.3. The van der Waals surface area contributed by atoms with Crippen LogP contribution in [0.15, 0.2) is 39.7 Å². The lowest BCUT2D eigenvalue weighted by atomic mass is 10.1. The maximum atomic E-state index is 13.3. The minimum atomic E-state index is -0.387. The van der Waals surface area contributed by atoms with Gasteiger partial charge in [0, 0.05) is 6.07 Å². The first-order valence-corrected chi connectivity index (χ1v) is 7.15. The minimum absolute atomic E-state index is 0.0212. The van der Waals surface area contributed by atoms with Gasteiger partial charge < -0.3 is 14.5 Å². The van der Waals surface area contributed by atoms with Crippen LogP contribution in [0.5, 0.6) is 5.75 Å². The molecule has 0 spiro atoms. The van der Waals surface area contributed by atoms with E-state index < -0.39 is 0 Å². The van der Waals surface area contributed by atoms with Crippen molar-refractivity contribution in [1.29, 1.82) is 0 Å². The number of aryl methyl sites for hydroxylation is 2. The largest absolute Gasteiger partial charge is 0.476 e. The molecule has 0 aliphatic heterocycles. The van der Waals surface area contributed by atoms with Crippen molar-refractivity contribution in [2.24, 2.45) is 0 Å². The van der Waals surface area contributed by atoms with Crippen molar-refractivity contribution in [3.05, 3.63) is 63.5 Å². The van der Waals surface area contributed by atoms with Crippen molar-refractivity contribution >= 4 is 5.91 Å². The van der Waals surface area contributed by atoms with E-state index in [1.165, 1.54) is 18.4 Å². The maximum Gasteiger partial charge on any atom is 0.258 e. The van der Waals surface area contributed by atoms with Crippen molar-refractivity contribution in [3.63, 3.8) is 0 Å². The zero-order chi connectivity index (χ0) is 17.0. The Morgan fingerprint density at radius 1 is 1.35 bits per heavy atom. The third kappa shape index (κ3) is 4.18. The molecular formula is C17H18FNO4. The molecule has 0 aliphatic carbocycles. The number of hydrogen-bond acceptors (Lipinski definition) is 4. The molecule has 1 aromatic carbocycles. The molecule has 23 heavy (non-hydrogen) atoms. The van der Waals surface area contributed by atoms with Crippen LogP contribution in [0, 0.1) is 19.7 Å². The molecule has 2 rings (SSSR count). The molecule has 1 atom stereocenters. The number of carbonyl (C=O) groups is 1. The van der Waals surface area contributed by atoms with Crippen LogP contribution in [0.3, 0.4) is 0 Å². The van der Waals surface area contributed by atoms with Crippen LogP contribution >= 0.6 is 0 Å². The standard InChI is InChI=1S/C17H18FNO4/c1-10-8-13(4-5-14(10)18)11(2)19-16(21)9-23-17-12(3)22-7-6-15(17)20/h4-8,11H,9H2,1-3H3,(H,19,21)/t11-/m1/s1. The van der Waals surface area contributed by atoms with Crippen LogP contribution in [0.1, 0.15) is 29.9 Å². The van der Waals surface area contributed by atoms with Crippen LogP contribution in [-0.4, -0.2) is 12.5 Å². The van der Waals surface area contributed by atoms with Crippen LogP contribution < -0.4 is 15.5 Å². The summed E-state index contributed by atoms with van der Waals surface area (Å²) in [6.07, 6.45) is 1.27. The Morgan fingerprint density at radius 3 is 2.74 bits per heavy atom. The Bertz CT molecular complexity index is 769. The summed E-state index contributed by atoms with van der Waals surface area (Å²) in [5.74, 6) is -0.343. The zero-order valence-corrected chi connectivity index (χ0v) is 13.2. The third-order valence-corrected chi connectivity index (χ3v) is 3.41. The molecule has 122 valence electrons. The predicted octanol–water partition coefficient (Wildman–Crippen LogP) is 2.65. The van der Waals surface area contributed by atoms with Gasteiger partial charge in [-0.15, -0.1) is 0 Å². The van der Waals surface area contributed by atoms with Gasteiger partial charge in [-0.2, -0.15) is 0 Å². The van der Waals surface area contributed by atoms with Gasteiger partial charge in [-0.1, -0.05) is 12.1 Å². The smallest absolute Gasteiger partial charge is 0.258 e. The van der Waals surface area contributed by atoms with E-state index in [0.29, 0.717) is 11.3 Å². The van der Waals surface area contributed by atoms with Gasteiger partial charge in [0.2, 0.25) is 11.2 Å². The highest BCUT2D eigenvalue weighted by Gasteiger charge is 2.13. The molecule has 1 amide bonds. The molecule has 0 saturated heterocycles. The van der Waals surface area contributed by atoms with Crippen molar-refractivity contribution in [3.8, 4) is 5.75 Å². The third-order valence-electron chi connectivity index (χ3n) is 3.41. The molecule has 6 heteroatoms. The first-order chi connectivity index (χ1) is 10.9. The van der Waals surface area contributed by atoms with Gasteiger partial charge in [-0.25, -0.2) is 4.39 Å². The van der Waals surface area contributed by atoms with Gasteiger partial charge in [0.05, 0.1) is 12.3 Å². The van der Waals surface area contributed by atoms with Crippen molar-refractivity contribution in [2.75, 3.05) is 6.61 Å². The summed E-state index contributed by atoms with van der Waals surface area (Å²) in [5.41, 5.74) is 0.953. The van der Waals surface area contributed by atoms with E-state index in [-0.39, 0.29) is 35.6 Å². The Hall–Kier alpha value is -2.63.